The highest BCUT2D eigenvalue weighted by Crippen LogP contribution is 2.28. The van der Waals surface area contributed by atoms with Crippen molar-refractivity contribution in [2.75, 3.05) is 0 Å². The molecule has 54 valence electrons. The van der Waals surface area contributed by atoms with Gasteiger partial charge < -0.3 is 0 Å². The molecule has 0 aliphatic carbocycles. The SMILES string of the molecule is O=[N+]([O-])c1sc(Cl)nc1F. The Kier molecular flexibility index (Phi) is 1.82. The highest BCUT2D eigenvalue weighted by Gasteiger charge is 2.19. The zero-order valence-electron chi connectivity index (χ0n) is 4.38. The van der Waals surface area contributed by atoms with E-state index in [9.17, 15) is 14.5 Å². The number of thiazole rings is 1. The maximum Gasteiger partial charge on any atom is 0.381 e. The predicted molar refractivity (Wildman–Crippen MR) is 33.7 cm³/mol. The first-order chi connectivity index (χ1) is 4.61. The third-order valence-corrected chi connectivity index (χ3v) is 1.80. The van der Waals surface area contributed by atoms with Gasteiger partial charge in [-0.05, 0) is 11.3 Å². The average molecular weight is 183 g/mol. The largest absolute Gasteiger partial charge is 0.381 e. The topological polar surface area (TPSA) is 56.0 Å². The summed E-state index contributed by atoms with van der Waals surface area (Å²) in [6, 6.07) is 0. The number of nitrogens with zero attached hydrogens (tertiary/aromatic N) is 2. The van der Waals surface area contributed by atoms with Crippen molar-refractivity contribution < 1.29 is 9.31 Å². The van der Waals surface area contributed by atoms with Crippen LogP contribution in [0, 0.1) is 16.1 Å². The van der Waals surface area contributed by atoms with Gasteiger partial charge in [0.15, 0.2) is 4.47 Å². The minimum atomic E-state index is -1.12. The third-order valence-electron chi connectivity index (χ3n) is 0.709. The molecule has 0 aromatic carbocycles. The molecule has 1 aromatic heterocycles. The maximum atomic E-state index is 12.2. The minimum absolute atomic E-state index is 0.163. The number of nitro groups is 1. The molecule has 0 aliphatic rings. The molecule has 0 atom stereocenters. The molecule has 7 heteroatoms. The van der Waals surface area contributed by atoms with Crippen molar-refractivity contribution in [1.29, 1.82) is 0 Å². The number of rotatable bonds is 1. The van der Waals surface area contributed by atoms with Crippen molar-refractivity contribution in [3.8, 4) is 0 Å². The lowest BCUT2D eigenvalue weighted by atomic mass is 10.8. The Hall–Kier alpha value is -0.750. The Bertz CT molecular complexity index is 275. The lowest BCUT2D eigenvalue weighted by molar-refractivity contribution is -0.383. The summed E-state index contributed by atoms with van der Waals surface area (Å²) < 4.78 is 12.1. The van der Waals surface area contributed by atoms with E-state index in [1.54, 1.807) is 0 Å². The molecule has 0 spiro atoms. The number of hydrogen-bond donors (Lipinski definition) is 0. The Morgan fingerprint density at radius 2 is 2.40 bits per heavy atom. The van der Waals surface area contributed by atoms with Crippen LogP contribution in [0.1, 0.15) is 0 Å². The minimum Gasteiger partial charge on any atom is -0.257 e. The van der Waals surface area contributed by atoms with Crippen molar-refractivity contribution in [2.24, 2.45) is 0 Å². The summed E-state index contributed by atoms with van der Waals surface area (Å²) >= 11 is 5.68. The Morgan fingerprint density at radius 1 is 1.80 bits per heavy atom. The van der Waals surface area contributed by atoms with Gasteiger partial charge in [0, 0.05) is 0 Å². The normalized spacial score (nSPS) is 9.80. The summed E-state index contributed by atoms with van der Waals surface area (Å²) in [7, 11) is 0. The van der Waals surface area contributed by atoms with Crippen LogP contribution >= 0.6 is 22.9 Å². The zero-order chi connectivity index (χ0) is 7.72. The van der Waals surface area contributed by atoms with Gasteiger partial charge >= 0.3 is 10.9 Å². The molecule has 0 N–H and O–H groups in total. The van der Waals surface area contributed by atoms with E-state index in [2.05, 4.69) is 4.98 Å². The van der Waals surface area contributed by atoms with Crippen LogP contribution < -0.4 is 0 Å². The van der Waals surface area contributed by atoms with Crippen molar-refractivity contribution >= 4 is 27.9 Å². The number of halogens is 2. The molecule has 10 heavy (non-hydrogen) atoms. The first-order valence-electron chi connectivity index (χ1n) is 2.07. The van der Waals surface area contributed by atoms with Gasteiger partial charge in [0.2, 0.25) is 0 Å². The molecule has 0 unspecified atom stereocenters. The first-order valence-corrected chi connectivity index (χ1v) is 3.27. The van der Waals surface area contributed by atoms with Gasteiger partial charge in [-0.2, -0.15) is 9.37 Å². The van der Waals surface area contributed by atoms with E-state index in [1.807, 2.05) is 0 Å². The van der Waals surface area contributed by atoms with Gasteiger partial charge in [-0.3, -0.25) is 10.1 Å². The quantitative estimate of drug-likeness (QED) is 0.492. The van der Waals surface area contributed by atoms with E-state index in [-0.39, 0.29) is 4.47 Å². The summed E-state index contributed by atoms with van der Waals surface area (Å²) in [6.45, 7) is 0. The summed E-state index contributed by atoms with van der Waals surface area (Å²) in [5.41, 5.74) is 0. The van der Waals surface area contributed by atoms with Crippen LogP contribution in [-0.2, 0) is 0 Å². The van der Waals surface area contributed by atoms with Crippen molar-refractivity contribution in [3.63, 3.8) is 0 Å². The predicted octanol–water partition coefficient (Wildman–Crippen LogP) is 1.84. The van der Waals surface area contributed by atoms with Crippen LogP contribution in [0.5, 0.6) is 0 Å². The summed E-state index contributed by atoms with van der Waals surface area (Å²) in [6.07, 6.45) is 0. The van der Waals surface area contributed by atoms with Gasteiger partial charge in [-0.1, -0.05) is 11.6 Å². The van der Waals surface area contributed by atoms with Crippen molar-refractivity contribution in [2.45, 2.75) is 0 Å². The number of aromatic nitrogens is 1. The second kappa shape index (κ2) is 2.47. The Morgan fingerprint density at radius 3 is 2.60 bits per heavy atom. The molecule has 1 heterocycles. The molecule has 4 nitrogen and oxygen atoms in total. The second-order valence-electron chi connectivity index (χ2n) is 1.32. The maximum absolute atomic E-state index is 12.2. The van der Waals surface area contributed by atoms with E-state index in [4.69, 9.17) is 11.6 Å². The van der Waals surface area contributed by atoms with Gasteiger partial charge in [0.05, 0.1) is 4.92 Å². The smallest absolute Gasteiger partial charge is 0.257 e. The summed E-state index contributed by atoms with van der Waals surface area (Å²) in [5.74, 6) is -1.12. The van der Waals surface area contributed by atoms with E-state index in [0.717, 1.165) is 0 Å². The Labute approximate surface area is 63.4 Å². The van der Waals surface area contributed by atoms with Crippen molar-refractivity contribution in [1.82, 2.24) is 4.98 Å². The van der Waals surface area contributed by atoms with Gasteiger partial charge in [-0.25, -0.2) is 0 Å². The van der Waals surface area contributed by atoms with Gasteiger partial charge in [0.25, 0.3) is 0 Å². The van der Waals surface area contributed by atoms with Crippen LogP contribution in [0.4, 0.5) is 9.39 Å². The molecule has 0 fully saturated rings. The summed E-state index contributed by atoms with van der Waals surface area (Å²) in [5, 5.41) is 9.26. The van der Waals surface area contributed by atoms with Crippen LogP contribution in [-0.4, -0.2) is 9.91 Å². The second-order valence-corrected chi connectivity index (χ2v) is 2.88. The zero-order valence-corrected chi connectivity index (χ0v) is 5.95. The molecule has 1 rings (SSSR count). The molecule has 0 radical (unpaired) electrons. The molecule has 0 aliphatic heterocycles. The fraction of sp³-hybridized carbons (Fsp3) is 0. The lowest BCUT2D eigenvalue weighted by Gasteiger charge is -1.78. The number of hydrogen-bond acceptors (Lipinski definition) is 4. The van der Waals surface area contributed by atoms with E-state index >= 15 is 0 Å². The third kappa shape index (κ3) is 1.22. The monoisotopic (exact) mass is 182 g/mol. The molecule has 0 bridgehead atoms. The molecule has 1 aromatic rings. The fourth-order valence-corrected chi connectivity index (χ4v) is 1.17. The van der Waals surface area contributed by atoms with Crippen LogP contribution in [0.3, 0.4) is 0 Å². The van der Waals surface area contributed by atoms with Crippen LogP contribution in [0.25, 0.3) is 0 Å². The van der Waals surface area contributed by atoms with Gasteiger partial charge in [0.1, 0.15) is 0 Å². The Balaban J connectivity index is 3.15. The van der Waals surface area contributed by atoms with E-state index in [0.29, 0.717) is 11.3 Å². The summed E-state index contributed by atoms with van der Waals surface area (Å²) in [4.78, 5) is 12.1. The molecule has 0 saturated heterocycles. The average Bonchev–Trinajstić information content (AvgIpc) is 2.10. The molecular weight excluding hydrogens is 183 g/mol. The standard InChI is InChI=1S/C3ClFN2O2S/c4-3-6-1(5)2(10-3)7(8)9. The highest BCUT2D eigenvalue weighted by atomic mass is 35.5. The fourth-order valence-electron chi connectivity index (χ4n) is 0.382. The lowest BCUT2D eigenvalue weighted by Crippen LogP contribution is -1.86. The van der Waals surface area contributed by atoms with E-state index in [1.165, 1.54) is 0 Å². The molecule has 0 saturated carbocycles. The molecule has 0 amide bonds. The molecular formula is C3ClFN2O2S. The van der Waals surface area contributed by atoms with Crippen LogP contribution in [0.15, 0.2) is 0 Å². The van der Waals surface area contributed by atoms with Crippen LogP contribution in [0.2, 0.25) is 4.47 Å². The first kappa shape index (κ1) is 7.36. The van der Waals surface area contributed by atoms with Gasteiger partial charge in [-0.15, -0.1) is 0 Å². The highest BCUT2D eigenvalue weighted by molar-refractivity contribution is 7.18. The van der Waals surface area contributed by atoms with E-state index < -0.39 is 15.9 Å². The van der Waals surface area contributed by atoms with Crippen molar-refractivity contribution in [3.05, 3.63) is 20.5 Å².